The summed E-state index contributed by atoms with van der Waals surface area (Å²) in [5.41, 5.74) is 2.49. The van der Waals surface area contributed by atoms with E-state index in [2.05, 4.69) is 32.0 Å². The third-order valence-corrected chi connectivity index (χ3v) is 4.48. The van der Waals surface area contributed by atoms with E-state index in [4.69, 9.17) is 11.6 Å². The van der Waals surface area contributed by atoms with Gasteiger partial charge in [-0.25, -0.2) is 0 Å². The molecule has 0 spiro atoms. The fraction of sp³-hybridized carbons (Fsp3) is 0.562. The molecule has 1 aromatic rings. The fourth-order valence-corrected chi connectivity index (χ4v) is 2.74. The van der Waals surface area contributed by atoms with Gasteiger partial charge in [-0.15, -0.1) is 0 Å². The van der Waals surface area contributed by atoms with Crippen molar-refractivity contribution < 1.29 is 0 Å². The molecule has 0 N–H and O–H groups in total. The predicted octanol–water partition coefficient (Wildman–Crippen LogP) is 5.09. The lowest BCUT2D eigenvalue weighted by Gasteiger charge is -2.24. The van der Waals surface area contributed by atoms with Gasteiger partial charge in [-0.3, -0.25) is 0 Å². The molecule has 1 nitrogen and oxygen atoms in total. The smallest absolute Gasteiger partial charge is 0.0693 e. The van der Waals surface area contributed by atoms with Crippen LogP contribution in [-0.2, 0) is 6.42 Å². The van der Waals surface area contributed by atoms with E-state index in [9.17, 15) is 5.26 Å². The van der Waals surface area contributed by atoms with Crippen LogP contribution < -0.4 is 0 Å². The highest BCUT2D eigenvalue weighted by molar-refractivity contribution is 6.30. The van der Waals surface area contributed by atoms with E-state index in [1.165, 1.54) is 24.0 Å². The Hall–Kier alpha value is -1.00. The van der Waals surface area contributed by atoms with Crippen molar-refractivity contribution >= 4 is 11.6 Å². The summed E-state index contributed by atoms with van der Waals surface area (Å²) in [5.74, 6) is 0.684. The molecule has 1 aromatic carbocycles. The van der Waals surface area contributed by atoms with Gasteiger partial charge in [0.05, 0.1) is 11.5 Å². The molecule has 0 saturated heterocycles. The molecule has 0 aromatic heterocycles. The van der Waals surface area contributed by atoms with Crippen molar-refractivity contribution in [2.45, 2.75) is 51.9 Å². The Labute approximate surface area is 115 Å². The van der Waals surface area contributed by atoms with Crippen LogP contribution in [-0.4, -0.2) is 0 Å². The molecular weight excluding hydrogens is 242 g/mol. The zero-order valence-corrected chi connectivity index (χ0v) is 11.9. The summed E-state index contributed by atoms with van der Waals surface area (Å²) in [6.45, 7) is 4.22. The number of nitriles is 1. The zero-order chi connectivity index (χ0) is 13.2. The van der Waals surface area contributed by atoms with E-state index < -0.39 is 0 Å². The second-order valence-electron chi connectivity index (χ2n) is 5.39. The first-order chi connectivity index (χ1) is 8.64. The molecule has 1 aliphatic rings. The Balaban J connectivity index is 2.31. The number of halogens is 1. The summed E-state index contributed by atoms with van der Waals surface area (Å²) < 4.78 is 0. The van der Waals surface area contributed by atoms with Crippen molar-refractivity contribution in [2.75, 3.05) is 0 Å². The van der Waals surface area contributed by atoms with Gasteiger partial charge in [0.25, 0.3) is 0 Å². The van der Waals surface area contributed by atoms with Crippen molar-refractivity contribution in [3.8, 4) is 6.07 Å². The molecular formula is C16H20ClN. The third kappa shape index (κ3) is 2.70. The van der Waals surface area contributed by atoms with E-state index in [1.54, 1.807) is 0 Å². The van der Waals surface area contributed by atoms with Crippen LogP contribution in [0.4, 0.5) is 0 Å². The third-order valence-electron chi connectivity index (χ3n) is 4.24. The van der Waals surface area contributed by atoms with Crippen LogP contribution in [0.1, 0.15) is 56.6 Å². The maximum Gasteiger partial charge on any atom is 0.0693 e. The highest BCUT2D eigenvalue weighted by Gasteiger charge is 2.31. The first kappa shape index (κ1) is 13.4. The number of nitrogens with zero attached hydrogens (tertiary/aromatic N) is 1. The van der Waals surface area contributed by atoms with E-state index in [0.29, 0.717) is 5.92 Å². The first-order valence-corrected chi connectivity index (χ1v) is 7.21. The van der Waals surface area contributed by atoms with Crippen LogP contribution in [0.2, 0.25) is 5.02 Å². The molecule has 1 aliphatic carbocycles. The summed E-state index contributed by atoms with van der Waals surface area (Å²) in [6.07, 6.45) is 5.22. The lowest BCUT2D eigenvalue weighted by molar-refractivity contribution is 0.362. The van der Waals surface area contributed by atoms with Crippen molar-refractivity contribution in [3.63, 3.8) is 0 Å². The van der Waals surface area contributed by atoms with Crippen molar-refractivity contribution in [1.29, 1.82) is 5.26 Å². The molecule has 0 amide bonds. The first-order valence-electron chi connectivity index (χ1n) is 6.83. The van der Waals surface area contributed by atoms with Crippen LogP contribution in [0.3, 0.4) is 0 Å². The summed E-state index contributed by atoms with van der Waals surface area (Å²) in [6, 6.07) is 8.70. The standard InChI is InChI=1S/C16H20ClN/c1-3-16(4-2,11-18)10-13-7-8-14(17)9-15(13)12-5-6-12/h7-9,12H,3-6,10H2,1-2H3. The van der Waals surface area contributed by atoms with Crippen LogP contribution in [0.25, 0.3) is 0 Å². The number of benzene rings is 1. The van der Waals surface area contributed by atoms with E-state index in [-0.39, 0.29) is 5.41 Å². The molecule has 96 valence electrons. The van der Waals surface area contributed by atoms with Crippen LogP contribution in [0.5, 0.6) is 0 Å². The lowest BCUT2D eigenvalue weighted by Crippen LogP contribution is -2.20. The summed E-state index contributed by atoms with van der Waals surface area (Å²) >= 11 is 6.10. The van der Waals surface area contributed by atoms with Crippen LogP contribution >= 0.6 is 11.6 Å². The highest BCUT2D eigenvalue weighted by atomic mass is 35.5. The average Bonchev–Trinajstić information content (AvgIpc) is 3.22. The molecule has 0 heterocycles. The largest absolute Gasteiger partial charge is 0.198 e. The van der Waals surface area contributed by atoms with Crippen LogP contribution in [0, 0.1) is 16.7 Å². The number of hydrogen-bond acceptors (Lipinski definition) is 1. The second-order valence-corrected chi connectivity index (χ2v) is 5.83. The highest BCUT2D eigenvalue weighted by Crippen LogP contribution is 2.44. The fourth-order valence-electron chi connectivity index (χ4n) is 2.56. The van der Waals surface area contributed by atoms with Gasteiger partial charge in [0.15, 0.2) is 0 Å². The number of hydrogen-bond donors (Lipinski definition) is 0. The zero-order valence-electron chi connectivity index (χ0n) is 11.2. The summed E-state index contributed by atoms with van der Waals surface area (Å²) in [4.78, 5) is 0. The number of rotatable bonds is 5. The van der Waals surface area contributed by atoms with Crippen molar-refractivity contribution in [2.24, 2.45) is 5.41 Å². The summed E-state index contributed by atoms with van der Waals surface area (Å²) in [5, 5.41) is 10.3. The second kappa shape index (κ2) is 5.33. The molecule has 1 saturated carbocycles. The monoisotopic (exact) mass is 261 g/mol. The maximum absolute atomic E-state index is 9.46. The Morgan fingerprint density at radius 3 is 2.50 bits per heavy atom. The van der Waals surface area contributed by atoms with Gasteiger partial charge >= 0.3 is 0 Å². The predicted molar refractivity (Wildman–Crippen MR) is 75.8 cm³/mol. The van der Waals surface area contributed by atoms with E-state index >= 15 is 0 Å². The Morgan fingerprint density at radius 1 is 1.33 bits per heavy atom. The molecule has 1 fully saturated rings. The van der Waals surface area contributed by atoms with Crippen LogP contribution in [0.15, 0.2) is 18.2 Å². The molecule has 0 atom stereocenters. The summed E-state index contributed by atoms with van der Waals surface area (Å²) in [7, 11) is 0. The van der Waals surface area contributed by atoms with Crippen molar-refractivity contribution in [3.05, 3.63) is 34.3 Å². The SMILES string of the molecule is CCC(C#N)(CC)Cc1ccc(Cl)cc1C1CC1. The normalized spacial score (nSPS) is 15.4. The van der Waals surface area contributed by atoms with E-state index in [0.717, 1.165) is 24.3 Å². The Kier molecular flexibility index (Phi) is 3.97. The van der Waals surface area contributed by atoms with Gasteiger partial charge in [0.2, 0.25) is 0 Å². The maximum atomic E-state index is 9.46. The Morgan fingerprint density at radius 2 is 2.00 bits per heavy atom. The van der Waals surface area contributed by atoms with Gasteiger partial charge in [0.1, 0.15) is 0 Å². The molecule has 0 bridgehead atoms. The van der Waals surface area contributed by atoms with Gasteiger partial charge < -0.3 is 0 Å². The van der Waals surface area contributed by atoms with Gasteiger partial charge in [-0.1, -0.05) is 31.5 Å². The minimum atomic E-state index is -0.211. The quantitative estimate of drug-likeness (QED) is 0.724. The van der Waals surface area contributed by atoms with Gasteiger partial charge in [-0.2, -0.15) is 5.26 Å². The van der Waals surface area contributed by atoms with E-state index in [1.807, 2.05) is 6.07 Å². The minimum absolute atomic E-state index is 0.211. The lowest BCUT2D eigenvalue weighted by atomic mass is 9.77. The average molecular weight is 262 g/mol. The van der Waals surface area contributed by atoms with Gasteiger partial charge in [0, 0.05) is 5.02 Å². The van der Waals surface area contributed by atoms with Gasteiger partial charge in [-0.05, 0) is 61.3 Å². The topological polar surface area (TPSA) is 23.8 Å². The Bertz CT molecular complexity index is 464. The molecule has 0 radical (unpaired) electrons. The molecule has 0 aliphatic heterocycles. The van der Waals surface area contributed by atoms with Crippen molar-refractivity contribution in [1.82, 2.24) is 0 Å². The minimum Gasteiger partial charge on any atom is -0.198 e. The molecule has 18 heavy (non-hydrogen) atoms. The molecule has 2 heteroatoms. The molecule has 2 rings (SSSR count). The molecule has 0 unspecified atom stereocenters.